The number of amides is 1. The molecule has 4 bridgehead atoms. The van der Waals surface area contributed by atoms with Crippen molar-refractivity contribution >= 4 is 15.9 Å². The zero-order chi connectivity index (χ0) is 21.1. The van der Waals surface area contributed by atoms with Gasteiger partial charge in [0.25, 0.3) is 0 Å². The highest BCUT2D eigenvalue weighted by atomic mass is 32.2. The summed E-state index contributed by atoms with van der Waals surface area (Å²) in [7, 11) is -3.47. The first-order valence-electron chi connectivity index (χ1n) is 11.7. The maximum atomic E-state index is 13.5. The van der Waals surface area contributed by atoms with Crippen molar-refractivity contribution < 1.29 is 13.2 Å². The van der Waals surface area contributed by atoms with Gasteiger partial charge in [0.1, 0.15) is 6.04 Å². The van der Waals surface area contributed by atoms with E-state index in [9.17, 15) is 13.2 Å². The summed E-state index contributed by atoms with van der Waals surface area (Å²) in [6.45, 7) is 4.11. The molecule has 4 saturated carbocycles. The van der Waals surface area contributed by atoms with Crippen molar-refractivity contribution in [2.24, 2.45) is 23.2 Å². The van der Waals surface area contributed by atoms with Gasteiger partial charge in [-0.1, -0.05) is 24.3 Å². The lowest BCUT2D eigenvalue weighted by Gasteiger charge is -2.59. The lowest BCUT2D eigenvalue weighted by molar-refractivity contribution is -0.130. The Morgan fingerprint density at radius 2 is 1.67 bits per heavy atom. The predicted octanol–water partition coefficient (Wildman–Crippen LogP) is 3.48. The van der Waals surface area contributed by atoms with Crippen LogP contribution in [0.2, 0.25) is 0 Å². The van der Waals surface area contributed by atoms with E-state index >= 15 is 0 Å². The highest BCUT2D eigenvalue weighted by Crippen LogP contribution is 2.61. The predicted molar refractivity (Wildman–Crippen MR) is 117 cm³/mol. The molecule has 1 heterocycles. The second kappa shape index (κ2) is 7.33. The molecule has 4 fully saturated rings. The van der Waals surface area contributed by atoms with Crippen LogP contribution in [-0.2, 0) is 27.8 Å². The van der Waals surface area contributed by atoms with Crippen LogP contribution < -0.4 is 5.32 Å². The Morgan fingerprint density at radius 3 is 2.23 bits per heavy atom. The molecule has 0 spiro atoms. The Kier molecular flexibility index (Phi) is 5.01. The average Bonchev–Trinajstić information content (AvgIpc) is 2.71. The molecule has 6 heteroatoms. The molecule has 0 aromatic heterocycles. The maximum absolute atomic E-state index is 13.5. The van der Waals surface area contributed by atoms with Crippen LogP contribution in [0.1, 0.15) is 63.5 Å². The second-order valence-corrected chi connectivity index (χ2v) is 12.7. The van der Waals surface area contributed by atoms with Crippen molar-refractivity contribution in [1.82, 2.24) is 9.62 Å². The SMILES string of the molecule is CCS(=O)(=O)N1Cc2ccccc2C[C@H]1C(=O)N[C@@H](C)C12CC3CC(CC(C3)C1)C2. The summed E-state index contributed by atoms with van der Waals surface area (Å²) >= 11 is 0. The molecular formula is C24H34N2O3S. The van der Waals surface area contributed by atoms with Crippen molar-refractivity contribution in [2.45, 2.75) is 77.4 Å². The number of rotatable bonds is 5. The highest BCUT2D eigenvalue weighted by Gasteiger charge is 2.53. The van der Waals surface area contributed by atoms with Gasteiger partial charge in [0.05, 0.1) is 5.75 Å². The average molecular weight is 431 g/mol. The molecule has 0 unspecified atom stereocenters. The Hall–Kier alpha value is -1.40. The number of carbonyl (C=O) groups is 1. The first-order chi connectivity index (χ1) is 14.3. The minimum Gasteiger partial charge on any atom is -0.352 e. The fourth-order valence-electron chi connectivity index (χ4n) is 7.35. The number of hydrogen-bond donors (Lipinski definition) is 1. The fourth-order valence-corrected chi connectivity index (χ4v) is 8.58. The zero-order valence-corrected chi connectivity index (χ0v) is 19.0. The van der Waals surface area contributed by atoms with Gasteiger partial charge in [-0.15, -0.1) is 0 Å². The van der Waals surface area contributed by atoms with E-state index < -0.39 is 16.1 Å². The molecule has 1 aliphatic heterocycles. The molecule has 30 heavy (non-hydrogen) atoms. The molecule has 0 radical (unpaired) electrons. The molecular weight excluding hydrogens is 396 g/mol. The quantitative estimate of drug-likeness (QED) is 0.778. The van der Waals surface area contributed by atoms with Gasteiger partial charge in [-0.2, -0.15) is 4.31 Å². The summed E-state index contributed by atoms with van der Waals surface area (Å²) in [6, 6.07) is 7.34. The molecule has 4 aliphatic carbocycles. The van der Waals surface area contributed by atoms with E-state index in [0.717, 1.165) is 28.9 Å². The molecule has 5 nitrogen and oxygen atoms in total. The largest absolute Gasteiger partial charge is 0.352 e. The minimum absolute atomic E-state index is 0.0173. The summed E-state index contributed by atoms with van der Waals surface area (Å²) < 4.78 is 27.1. The standard InChI is InChI=1S/C24H34N2O3S/c1-3-30(28,29)26-15-21-7-5-4-6-20(21)11-22(26)23(27)25-16(2)24-12-17-8-18(13-24)10-19(9-17)14-24/h4-7,16-19,22H,3,8-15H2,1-2H3,(H,25,27)/t16-,17?,18?,19?,22-,24?/m0/s1. The van der Waals surface area contributed by atoms with E-state index in [1.807, 2.05) is 24.3 Å². The molecule has 2 atom stereocenters. The van der Waals surface area contributed by atoms with E-state index in [-0.39, 0.29) is 29.7 Å². The lowest BCUT2D eigenvalue weighted by atomic mass is 9.48. The number of sulfonamides is 1. The van der Waals surface area contributed by atoms with Gasteiger partial charge in [0, 0.05) is 12.6 Å². The van der Waals surface area contributed by atoms with Gasteiger partial charge in [-0.05, 0) is 93.1 Å². The molecule has 0 saturated heterocycles. The van der Waals surface area contributed by atoms with E-state index in [1.165, 1.54) is 42.8 Å². The molecule has 1 aromatic rings. The van der Waals surface area contributed by atoms with Gasteiger partial charge in [0.2, 0.25) is 15.9 Å². The van der Waals surface area contributed by atoms with Crippen LogP contribution in [0.25, 0.3) is 0 Å². The van der Waals surface area contributed by atoms with E-state index in [1.54, 1.807) is 6.92 Å². The third-order valence-electron chi connectivity index (χ3n) is 8.59. The van der Waals surface area contributed by atoms with Crippen molar-refractivity contribution in [3.63, 3.8) is 0 Å². The summed E-state index contributed by atoms with van der Waals surface area (Å²) in [5, 5.41) is 3.32. The summed E-state index contributed by atoms with van der Waals surface area (Å²) in [4.78, 5) is 13.5. The van der Waals surface area contributed by atoms with Crippen LogP contribution in [0.5, 0.6) is 0 Å². The monoisotopic (exact) mass is 430 g/mol. The Morgan fingerprint density at radius 1 is 1.10 bits per heavy atom. The van der Waals surface area contributed by atoms with Gasteiger partial charge < -0.3 is 5.32 Å². The number of carbonyl (C=O) groups excluding carboxylic acids is 1. The Bertz CT molecular complexity index is 906. The van der Waals surface area contributed by atoms with Gasteiger partial charge in [0.15, 0.2) is 0 Å². The number of benzene rings is 1. The highest BCUT2D eigenvalue weighted by molar-refractivity contribution is 7.89. The van der Waals surface area contributed by atoms with Crippen LogP contribution in [0, 0.1) is 23.2 Å². The van der Waals surface area contributed by atoms with Crippen LogP contribution in [0.3, 0.4) is 0 Å². The smallest absolute Gasteiger partial charge is 0.239 e. The van der Waals surface area contributed by atoms with Gasteiger partial charge in [-0.25, -0.2) is 8.42 Å². The van der Waals surface area contributed by atoms with E-state index in [2.05, 4.69) is 12.2 Å². The molecule has 5 aliphatic rings. The lowest BCUT2D eigenvalue weighted by Crippen LogP contribution is -2.59. The Labute approximate surface area is 180 Å². The number of fused-ring (bicyclic) bond motifs is 1. The van der Waals surface area contributed by atoms with E-state index in [0.29, 0.717) is 6.42 Å². The second-order valence-electron chi connectivity index (χ2n) is 10.4. The fraction of sp³-hybridized carbons (Fsp3) is 0.708. The van der Waals surface area contributed by atoms with Crippen LogP contribution >= 0.6 is 0 Å². The van der Waals surface area contributed by atoms with Crippen LogP contribution in [-0.4, -0.2) is 36.5 Å². The molecule has 1 amide bonds. The first kappa shape index (κ1) is 20.5. The van der Waals surface area contributed by atoms with Crippen molar-refractivity contribution in [1.29, 1.82) is 0 Å². The van der Waals surface area contributed by atoms with Crippen LogP contribution in [0.4, 0.5) is 0 Å². The summed E-state index contributed by atoms with van der Waals surface area (Å²) in [6.07, 6.45) is 8.27. The van der Waals surface area contributed by atoms with Gasteiger partial charge >= 0.3 is 0 Å². The van der Waals surface area contributed by atoms with Crippen molar-refractivity contribution in [3.8, 4) is 0 Å². The minimum atomic E-state index is -3.47. The topological polar surface area (TPSA) is 66.5 Å². The summed E-state index contributed by atoms with van der Waals surface area (Å²) in [5.41, 5.74) is 2.31. The summed E-state index contributed by atoms with van der Waals surface area (Å²) in [5.74, 6) is 2.38. The molecule has 1 N–H and O–H groups in total. The van der Waals surface area contributed by atoms with Crippen LogP contribution in [0.15, 0.2) is 24.3 Å². The van der Waals surface area contributed by atoms with Crippen molar-refractivity contribution in [3.05, 3.63) is 35.4 Å². The number of hydrogen-bond acceptors (Lipinski definition) is 3. The third kappa shape index (κ3) is 3.40. The molecule has 164 valence electrons. The maximum Gasteiger partial charge on any atom is 0.239 e. The zero-order valence-electron chi connectivity index (χ0n) is 18.1. The number of nitrogens with one attached hydrogen (secondary N) is 1. The molecule has 1 aromatic carbocycles. The normalized spacial score (nSPS) is 36.3. The van der Waals surface area contributed by atoms with E-state index in [4.69, 9.17) is 0 Å². The van der Waals surface area contributed by atoms with Crippen molar-refractivity contribution in [2.75, 3.05) is 5.75 Å². The third-order valence-corrected chi connectivity index (χ3v) is 10.4. The first-order valence-corrected chi connectivity index (χ1v) is 13.3. The molecule has 6 rings (SSSR count). The number of nitrogens with zero attached hydrogens (tertiary/aromatic N) is 1. The van der Waals surface area contributed by atoms with Gasteiger partial charge in [-0.3, -0.25) is 4.79 Å². The Balaban J connectivity index is 1.38.